The van der Waals surface area contributed by atoms with E-state index >= 15 is 0 Å². The van der Waals surface area contributed by atoms with E-state index in [1.807, 2.05) is 30.5 Å². The van der Waals surface area contributed by atoms with Gasteiger partial charge in [-0.1, -0.05) is 37.3 Å². The maximum atomic E-state index is 10.1. The van der Waals surface area contributed by atoms with E-state index in [4.69, 9.17) is 0 Å². The fourth-order valence-corrected chi connectivity index (χ4v) is 1.95. The monoisotopic (exact) mass is 256 g/mol. The lowest BCUT2D eigenvalue weighted by Crippen LogP contribution is -2.21. The zero-order valence-corrected chi connectivity index (χ0v) is 11.2. The second-order valence-electron chi connectivity index (χ2n) is 4.60. The first-order valence-corrected chi connectivity index (χ1v) is 6.66. The number of aromatic nitrogens is 1. The Bertz CT molecular complexity index is 482. The van der Waals surface area contributed by atoms with E-state index < -0.39 is 6.10 Å². The van der Waals surface area contributed by atoms with Crippen LogP contribution in [-0.2, 0) is 13.0 Å². The average molecular weight is 256 g/mol. The first kappa shape index (κ1) is 13.7. The van der Waals surface area contributed by atoms with Crippen LogP contribution in [0.5, 0.6) is 0 Å². The number of hydrogen-bond donors (Lipinski definition) is 2. The molecule has 3 nitrogen and oxygen atoms in total. The Morgan fingerprint density at radius 1 is 1.16 bits per heavy atom. The maximum Gasteiger partial charge on any atom is 0.0914 e. The normalized spacial score (nSPS) is 12.3. The van der Waals surface area contributed by atoms with E-state index in [1.165, 1.54) is 5.56 Å². The Kier molecular flexibility index (Phi) is 5.07. The van der Waals surface area contributed by atoms with Gasteiger partial charge in [0.15, 0.2) is 0 Å². The summed E-state index contributed by atoms with van der Waals surface area (Å²) in [5.41, 5.74) is 3.37. The number of hydrogen-bond acceptors (Lipinski definition) is 3. The summed E-state index contributed by atoms with van der Waals surface area (Å²) in [4.78, 5) is 4.06. The van der Waals surface area contributed by atoms with Crippen LogP contribution in [0, 0.1) is 0 Å². The van der Waals surface area contributed by atoms with Gasteiger partial charge in [-0.15, -0.1) is 0 Å². The third-order valence-corrected chi connectivity index (χ3v) is 3.16. The van der Waals surface area contributed by atoms with Gasteiger partial charge in [-0.3, -0.25) is 4.98 Å². The van der Waals surface area contributed by atoms with Gasteiger partial charge in [0.25, 0.3) is 0 Å². The zero-order valence-electron chi connectivity index (χ0n) is 11.2. The van der Waals surface area contributed by atoms with Crippen LogP contribution in [0.25, 0.3) is 0 Å². The first-order chi connectivity index (χ1) is 9.29. The van der Waals surface area contributed by atoms with Crippen LogP contribution < -0.4 is 5.32 Å². The summed E-state index contributed by atoms with van der Waals surface area (Å²) < 4.78 is 0. The molecular formula is C16H20N2O. The molecule has 1 aromatic carbocycles. The number of benzene rings is 1. The molecule has 0 aliphatic carbocycles. The number of nitrogens with one attached hydrogen (secondary N) is 1. The van der Waals surface area contributed by atoms with Gasteiger partial charge >= 0.3 is 0 Å². The van der Waals surface area contributed by atoms with E-state index in [0.717, 1.165) is 24.1 Å². The highest BCUT2D eigenvalue weighted by atomic mass is 16.3. The predicted molar refractivity (Wildman–Crippen MR) is 76.7 cm³/mol. The van der Waals surface area contributed by atoms with Crippen molar-refractivity contribution < 1.29 is 5.11 Å². The molecule has 19 heavy (non-hydrogen) atoms. The number of aliphatic hydroxyl groups is 1. The average Bonchev–Trinajstić information content (AvgIpc) is 2.48. The van der Waals surface area contributed by atoms with Crippen LogP contribution >= 0.6 is 0 Å². The molecule has 1 atom stereocenters. The molecule has 1 heterocycles. The highest BCUT2D eigenvalue weighted by Crippen LogP contribution is 2.13. The highest BCUT2D eigenvalue weighted by Gasteiger charge is 2.06. The van der Waals surface area contributed by atoms with Gasteiger partial charge in [-0.05, 0) is 29.2 Å². The van der Waals surface area contributed by atoms with Gasteiger partial charge in [0.1, 0.15) is 0 Å². The fourth-order valence-electron chi connectivity index (χ4n) is 1.95. The van der Waals surface area contributed by atoms with Crippen molar-refractivity contribution in [2.75, 3.05) is 6.54 Å². The van der Waals surface area contributed by atoms with Crippen molar-refractivity contribution >= 4 is 0 Å². The van der Waals surface area contributed by atoms with Crippen molar-refractivity contribution in [2.45, 2.75) is 26.0 Å². The van der Waals surface area contributed by atoms with Crippen molar-refractivity contribution in [3.63, 3.8) is 0 Å². The lowest BCUT2D eigenvalue weighted by molar-refractivity contribution is 0.174. The fraction of sp³-hybridized carbons (Fsp3) is 0.312. The molecule has 0 fully saturated rings. The molecule has 0 saturated carbocycles. The summed E-state index contributed by atoms with van der Waals surface area (Å²) in [5.74, 6) is 0. The van der Waals surface area contributed by atoms with Crippen molar-refractivity contribution in [1.29, 1.82) is 0 Å². The van der Waals surface area contributed by atoms with Gasteiger partial charge in [0, 0.05) is 25.5 Å². The Hall–Kier alpha value is -1.71. The van der Waals surface area contributed by atoms with Crippen molar-refractivity contribution in [3.8, 4) is 0 Å². The summed E-state index contributed by atoms with van der Waals surface area (Å²) in [5, 5.41) is 13.3. The maximum absolute atomic E-state index is 10.1. The Morgan fingerprint density at radius 3 is 2.58 bits per heavy atom. The minimum atomic E-state index is -0.470. The molecule has 2 rings (SSSR count). The van der Waals surface area contributed by atoms with Gasteiger partial charge in [0.05, 0.1) is 6.10 Å². The van der Waals surface area contributed by atoms with Gasteiger partial charge in [-0.2, -0.15) is 0 Å². The molecule has 0 aliphatic rings. The minimum Gasteiger partial charge on any atom is -0.387 e. The molecule has 0 bridgehead atoms. The van der Waals surface area contributed by atoms with Crippen LogP contribution in [0.15, 0.2) is 48.8 Å². The van der Waals surface area contributed by atoms with Crippen LogP contribution in [0.1, 0.15) is 29.7 Å². The molecule has 0 aliphatic heterocycles. The van der Waals surface area contributed by atoms with Gasteiger partial charge < -0.3 is 10.4 Å². The van der Waals surface area contributed by atoms with Crippen LogP contribution in [0.4, 0.5) is 0 Å². The molecule has 0 radical (unpaired) electrons. The summed E-state index contributed by atoms with van der Waals surface area (Å²) in [7, 11) is 0. The van der Waals surface area contributed by atoms with Crippen molar-refractivity contribution in [3.05, 3.63) is 65.5 Å². The second kappa shape index (κ2) is 7.02. The summed E-state index contributed by atoms with van der Waals surface area (Å²) >= 11 is 0. The molecule has 1 aromatic heterocycles. The predicted octanol–water partition coefficient (Wildman–Crippen LogP) is 2.47. The number of aryl methyl sites for hydroxylation is 1. The first-order valence-electron chi connectivity index (χ1n) is 6.66. The van der Waals surface area contributed by atoms with Gasteiger partial charge in [-0.25, -0.2) is 0 Å². The number of aliphatic hydroxyl groups excluding tert-OH is 1. The largest absolute Gasteiger partial charge is 0.387 e. The molecule has 0 amide bonds. The molecule has 0 saturated heterocycles. The number of rotatable bonds is 6. The van der Waals surface area contributed by atoms with E-state index in [1.54, 1.807) is 6.20 Å². The highest BCUT2D eigenvalue weighted by molar-refractivity contribution is 5.24. The van der Waals surface area contributed by atoms with Crippen LogP contribution in [0.2, 0.25) is 0 Å². The lowest BCUT2D eigenvalue weighted by Gasteiger charge is -2.12. The van der Waals surface area contributed by atoms with Gasteiger partial charge in [0.2, 0.25) is 0 Å². The van der Waals surface area contributed by atoms with Crippen LogP contribution in [-0.4, -0.2) is 16.6 Å². The third-order valence-electron chi connectivity index (χ3n) is 3.16. The van der Waals surface area contributed by atoms with E-state index in [9.17, 15) is 5.11 Å². The molecule has 1 unspecified atom stereocenters. The van der Waals surface area contributed by atoms with Crippen molar-refractivity contribution in [2.24, 2.45) is 0 Å². The molecule has 0 spiro atoms. The molecule has 100 valence electrons. The third kappa shape index (κ3) is 4.16. The molecule has 2 aromatic rings. The standard InChI is InChI=1S/C16H20N2O/c1-2-13-5-7-15(8-6-13)16(19)12-18-11-14-4-3-9-17-10-14/h3-10,16,18-19H,2,11-12H2,1H3. The number of nitrogens with zero attached hydrogens (tertiary/aromatic N) is 1. The second-order valence-corrected chi connectivity index (χ2v) is 4.60. The Morgan fingerprint density at radius 2 is 1.95 bits per heavy atom. The number of pyridine rings is 1. The van der Waals surface area contributed by atoms with E-state index in [-0.39, 0.29) is 0 Å². The topological polar surface area (TPSA) is 45.1 Å². The Balaban J connectivity index is 1.82. The zero-order chi connectivity index (χ0) is 13.5. The Labute approximate surface area is 114 Å². The minimum absolute atomic E-state index is 0.470. The molecule has 3 heteroatoms. The summed E-state index contributed by atoms with van der Waals surface area (Å²) in [6.07, 6.45) is 4.14. The summed E-state index contributed by atoms with van der Waals surface area (Å²) in [6, 6.07) is 12.1. The van der Waals surface area contributed by atoms with Crippen LogP contribution in [0.3, 0.4) is 0 Å². The lowest BCUT2D eigenvalue weighted by atomic mass is 10.1. The molecule has 2 N–H and O–H groups in total. The quantitative estimate of drug-likeness (QED) is 0.834. The van der Waals surface area contributed by atoms with E-state index in [2.05, 4.69) is 29.4 Å². The van der Waals surface area contributed by atoms with E-state index in [0.29, 0.717) is 6.54 Å². The SMILES string of the molecule is CCc1ccc(C(O)CNCc2cccnc2)cc1. The van der Waals surface area contributed by atoms with Crippen molar-refractivity contribution in [1.82, 2.24) is 10.3 Å². The molecular weight excluding hydrogens is 236 g/mol. The smallest absolute Gasteiger partial charge is 0.0914 e. The summed E-state index contributed by atoms with van der Waals surface area (Å²) in [6.45, 7) is 3.39.